The molecule has 0 amide bonds. The second kappa shape index (κ2) is 35.2. The number of phosphoric ester groups is 1. The highest BCUT2D eigenvalue weighted by molar-refractivity contribution is 8.11. The molecule has 0 aliphatic carbocycles. The van der Waals surface area contributed by atoms with Crippen LogP contribution in [-0.4, -0.2) is 27.3 Å². The molecule has 0 spiro atoms. The Morgan fingerprint density at radius 1 is 0.465 bits per heavy atom. The number of hydrogen-bond acceptors (Lipinski definition) is 3. The molecule has 0 saturated carbocycles. The van der Waals surface area contributed by atoms with Crippen molar-refractivity contribution >= 4 is 37.0 Å². The van der Waals surface area contributed by atoms with Crippen LogP contribution < -0.4 is 5.32 Å². The van der Waals surface area contributed by atoms with E-state index in [2.05, 4.69) is 22.5 Å². The zero-order valence-electron chi connectivity index (χ0n) is 28.1. The number of thiocarbonyl (C=S) groups is 1. The highest BCUT2D eigenvalue weighted by atomic mass is 32.1. The van der Waals surface area contributed by atoms with Gasteiger partial charge in [0.15, 0.2) is 0 Å². The zero-order valence-corrected chi connectivity index (χ0v) is 30.7. The third-order valence-electron chi connectivity index (χ3n) is 8.61. The third kappa shape index (κ3) is 42.4. The number of nitrogens with one attached hydrogen (secondary N) is 1. The van der Waals surface area contributed by atoms with Crippen molar-refractivity contribution in [1.82, 2.24) is 5.32 Å². The summed E-state index contributed by atoms with van der Waals surface area (Å²) in [6.07, 6.45) is 43.5. The molecule has 0 atom stereocenters. The van der Waals surface area contributed by atoms with Gasteiger partial charge in [-0.15, -0.1) is 12.6 Å². The molecule has 0 aliphatic rings. The summed E-state index contributed by atoms with van der Waals surface area (Å²) in [5, 5.41) is 3.11. The summed E-state index contributed by atoms with van der Waals surface area (Å²) in [6.45, 7) is 1.14. The first-order valence-electron chi connectivity index (χ1n) is 18.6. The Hall–Kier alpha value is 0.350. The van der Waals surface area contributed by atoms with E-state index in [0.29, 0.717) is 4.32 Å². The van der Waals surface area contributed by atoms with Gasteiger partial charge in [-0.25, -0.2) is 4.57 Å². The van der Waals surface area contributed by atoms with Gasteiger partial charge in [-0.05, 0) is 12.8 Å². The summed E-state index contributed by atoms with van der Waals surface area (Å²) in [4.78, 5) is 17.3. The number of hydrogen-bond donors (Lipinski definition) is 4. The molecule has 258 valence electrons. The van der Waals surface area contributed by atoms with Gasteiger partial charge in [-0.2, -0.15) is 0 Å². The first kappa shape index (κ1) is 43.4. The van der Waals surface area contributed by atoms with Crippen molar-refractivity contribution in [2.75, 3.05) is 13.2 Å². The van der Waals surface area contributed by atoms with E-state index in [1.54, 1.807) is 0 Å². The fourth-order valence-electron chi connectivity index (χ4n) is 5.91. The Kier molecular flexibility index (Phi) is 35.5. The van der Waals surface area contributed by atoms with Crippen molar-refractivity contribution in [2.45, 2.75) is 205 Å². The normalized spacial score (nSPS) is 11.8. The Labute approximate surface area is 278 Å². The summed E-state index contributed by atoms with van der Waals surface area (Å²) in [5.41, 5.74) is 0. The lowest BCUT2D eigenvalue weighted by Gasteiger charge is -2.05. The van der Waals surface area contributed by atoms with Gasteiger partial charge >= 0.3 is 7.82 Å². The maximum Gasteiger partial charge on any atom is 0.469 e. The van der Waals surface area contributed by atoms with Crippen LogP contribution in [0.1, 0.15) is 205 Å². The van der Waals surface area contributed by atoms with Gasteiger partial charge in [0.2, 0.25) is 0 Å². The topological polar surface area (TPSA) is 78.8 Å². The van der Waals surface area contributed by atoms with E-state index >= 15 is 0 Å². The average molecular weight is 666 g/mol. The predicted molar refractivity (Wildman–Crippen MR) is 195 cm³/mol. The standard InChI is InChI=1S/C35H72NO4PS2/c37-41(38,39)40-34-32-30-28-26-24-22-20-18-16-14-12-10-8-6-4-2-1-3-5-7-9-11-13-15-17-19-21-23-25-27-29-31-33-36-35(42)43/h1-34H2,(H2,36,42,43)(H2,37,38,39). The molecule has 0 heterocycles. The smallest absolute Gasteiger partial charge is 0.371 e. The van der Waals surface area contributed by atoms with Crippen LogP contribution in [0.2, 0.25) is 0 Å². The first-order valence-corrected chi connectivity index (χ1v) is 21.0. The average Bonchev–Trinajstić information content (AvgIpc) is 2.96. The quantitative estimate of drug-likeness (QED) is 0.0231. The summed E-state index contributed by atoms with van der Waals surface area (Å²) in [6, 6.07) is 0. The highest BCUT2D eigenvalue weighted by Gasteiger charge is 2.12. The van der Waals surface area contributed by atoms with Gasteiger partial charge in [0, 0.05) is 6.54 Å². The second-order valence-corrected chi connectivity index (χ2v) is 15.3. The molecule has 0 aromatic heterocycles. The molecule has 0 aliphatic heterocycles. The van der Waals surface area contributed by atoms with E-state index in [4.69, 9.17) is 22.0 Å². The Morgan fingerprint density at radius 3 is 0.884 bits per heavy atom. The Balaban J connectivity index is 3.06. The Bertz CT molecular complexity index is 621. The first-order chi connectivity index (χ1) is 20.9. The van der Waals surface area contributed by atoms with Crippen molar-refractivity contribution in [3.63, 3.8) is 0 Å². The van der Waals surface area contributed by atoms with E-state index in [9.17, 15) is 4.57 Å². The zero-order chi connectivity index (χ0) is 31.5. The van der Waals surface area contributed by atoms with Gasteiger partial charge in [-0.3, -0.25) is 4.52 Å². The van der Waals surface area contributed by atoms with E-state index in [1.165, 1.54) is 186 Å². The summed E-state index contributed by atoms with van der Waals surface area (Å²) < 4.78 is 15.7. The summed E-state index contributed by atoms with van der Waals surface area (Å²) in [7, 11) is -4.27. The van der Waals surface area contributed by atoms with E-state index in [0.717, 1.165) is 25.8 Å². The van der Waals surface area contributed by atoms with Crippen molar-refractivity contribution in [1.29, 1.82) is 0 Å². The van der Waals surface area contributed by atoms with E-state index < -0.39 is 7.82 Å². The lowest BCUT2D eigenvalue weighted by molar-refractivity contribution is 0.193. The third-order valence-corrected chi connectivity index (χ3v) is 9.43. The molecular weight excluding hydrogens is 593 g/mol. The molecule has 0 aromatic carbocycles. The van der Waals surface area contributed by atoms with Crippen LogP contribution in [0.25, 0.3) is 0 Å². The van der Waals surface area contributed by atoms with Gasteiger partial charge < -0.3 is 15.1 Å². The highest BCUT2D eigenvalue weighted by Crippen LogP contribution is 2.35. The van der Waals surface area contributed by atoms with Crippen LogP contribution in [-0.2, 0) is 9.09 Å². The summed E-state index contributed by atoms with van der Waals surface area (Å²) >= 11 is 8.98. The van der Waals surface area contributed by atoms with Crippen LogP contribution in [0.15, 0.2) is 0 Å². The molecular formula is C35H72NO4PS2. The number of phosphoric acid groups is 1. The summed E-state index contributed by atoms with van der Waals surface area (Å²) in [5.74, 6) is 0. The van der Waals surface area contributed by atoms with Crippen LogP contribution in [0.5, 0.6) is 0 Å². The molecule has 0 saturated heterocycles. The predicted octanol–water partition coefficient (Wildman–Crippen LogP) is 12.4. The maximum absolute atomic E-state index is 10.6. The SMILES string of the molecule is O=P(O)(O)OCCCCCCCCCCCCCCCCCCCCCCCCCCCCCCCCCCNC(=S)S. The molecule has 5 nitrogen and oxygen atoms in total. The Morgan fingerprint density at radius 2 is 0.674 bits per heavy atom. The largest absolute Gasteiger partial charge is 0.469 e. The fraction of sp³-hybridized carbons (Fsp3) is 0.971. The minimum Gasteiger partial charge on any atom is -0.371 e. The van der Waals surface area contributed by atoms with Gasteiger partial charge in [0.25, 0.3) is 0 Å². The second-order valence-electron chi connectivity index (χ2n) is 12.9. The van der Waals surface area contributed by atoms with Crippen molar-refractivity contribution in [3.05, 3.63) is 0 Å². The van der Waals surface area contributed by atoms with Crippen LogP contribution in [0.4, 0.5) is 0 Å². The fourth-order valence-corrected chi connectivity index (χ4v) is 6.49. The molecule has 0 unspecified atom stereocenters. The van der Waals surface area contributed by atoms with Crippen LogP contribution in [0.3, 0.4) is 0 Å². The molecule has 0 aromatic rings. The molecule has 0 rings (SSSR count). The number of rotatable bonds is 36. The minimum atomic E-state index is -4.27. The van der Waals surface area contributed by atoms with Gasteiger partial charge in [0.1, 0.15) is 4.32 Å². The minimum absolute atomic E-state index is 0.167. The van der Waals surface area contributed by atoms with Crippen LogP contribution in [0, 0.1) is 0 Å². The van der Waals surface area contributed by atoms with Crippen LogP contribution >= 0.6 is 32.7 Å². The van der Waals surface area contributed by atoms with E-state index in [-0.39, 0.29) is 6.61 Å². The van der Waals surface area contributed by atoms with Gasteiger partial charge in [0.05, 0.1) is 6.61 Å². The van der Waals surface area contributed by atoms with Crippen molar-refractivity contribution in [2.24, 2.45) is 0 Å². The molecule has 8 heteroatoms. The van der Waals surface area contributed by atoms with E-state index in [1.807, 2.05) is 0 Å². The molecule has 0 fully saturated rings. The monoisotopic (exact) mass is 665 g/mol. The maximum atomic E-state index is 10.6. The molecule has 3 N–H and O–H groups in total. The lowest BCUT2D eigenvalue weighted by Crippen LogP contribution is -2.17. The molecule has 43 heavy (non-hydrogen) atoms. The van der Waals surface area contributed by atoms with Crippen molar-refractivity contribution in [3.8, 4) is 0 Å². The molecule has 0 radical (unpaired) electrons. The van der Waals surface area contributed by atoms with Gasteiger partial charge in [-0.1, -0.05) is 205 Å². The number of thiol groups is 1. The number of unbranched alkanes of at least 4 members (excludes halogenated alkanes) is 31. The lowest BCUT2D eigenvalue weighted by atomic mass is 10.0. The van der Waals surface area contributed by atoms with Crippen molar-refractivity contribution < 1.29 is 18.9 Å². The molecule has 0 bridgehead atoms.